The summed E-state index contributed by atoms with van der Waals surface area (Å²) in [6.45, 7) is 1.82. The first-order valence-electron chi connectivity index (χ1n) is 12.7. The fourth-order valence-corrected chi connectivity index (χ4v) is 4.92. The van der Waals surface area contributed by atoms with Crippen molar-refractivity contribution in [3.8, 4) is 11.3 Å². The van der Waals surface area contributed by atoms with Gasteiger partial charge in [0.1, 0.15) is 0 Å². The molecule has 0 radical (unpaired) electrons. The summed E-state index contributed by atoms with van der Waals surface area (Å²) in [6.07, 6.45) is 5.32. The molecule has 1 aliphatic heterocycles. The highest BCUT2D eigenvalue weighted by Gasteiger charge is 2.32. The minimum absolute atomic E-state index is 0.00851. The molecule has 2 fully saturated rings. The van der Waals surface area contributed by atoms with Gasteiger partial charge in [-0.05, 0) is 37.3 Å². The summed E-state index contributed by atoms with van der Waals surface area (Å²) in [5, 5.41) is 8.55. The van der Waals surface area contributed by atoms with Crippen molar-refractivity contribution in [1.29, 1.82) is 0 Å². The molecule has 1 saturated carbocycles. The number of amides is 2. The molecule has 1 aliphatic carbocycles. The van der Waals surface area contributed by atoms with Crippen molar-refractivity contribution in [3.05, 3.63) is 84.1 Å². The normalized spacial score (nSPS) is 16.3. The minimum Gasteiger partial charge on any atom is -0.353 e. The quantitative estimate of drug-likeness (QED) is 0.448. The maximum absolute atomic E-state index is 13.8. The number of hydrogen-bond acceptors (Lipinski definition) is 4. The molecule has 4 aromatic rings. The molecule has 182 valence electrons. The number of rotatable bonds is 6. The third-order valence-corrected chi connectivity index (χ3v) is 7.16. The van der Waals surface area contributed by atoms with Gasteiger partial charge in [0, 0.05) is 30.6 Å². The standard InChI is InChI=1S/C29H29N5O2/c35-28(22-11-12-22)31-23-13-15-33(16-14-23)29(36)24-17-26(21-9-5-2-6-10-21)32-27-25(24)18-30-34(27)19-20-7-3-1-4-8-20/h1-10,17-18,22-23H,11-16,19H2,(H,31,35). The molecule has 36 heavy (non-hydrogen) atoms. The lowest BCUT2D eigenvalue weighted by atomic mass is 10.0. The first-order valence-corrected chi connectivity index (χ1v) is 12.7. The Morgan fingerprint density at radius 3 is 2.31 bits per heavy atom. The lowest BCUT2D eigenvalue weighted by Crippen LogP contribution is -2.47. The highest BCUT2D eigenvalue weighted by atomic mass is 16.2. The number of aromatic nitrogens is 3. The Bertz CT molecular complexity index is 1390. The average molecular weight is 480 g/mol. The second-order valence-electron chi connectivity index (χ2n) is 9.80. The van der Waals surface area contributed by atoms with Gasteiger partial charge < -0.3 is 10.2 Å². The van der Waals surface area contributed by atoms with Crippen LogP contribution in [-0.2, 0) is 11.3 Å². The van der Waals surface area contributed by atoms with Gasteiger partial charge in [-0.1, -0.05) is 60.7 Å². The van der Waals surface area contributed by atoms with E-state index in [9.17, 15) is 9.59 Å². The third kappa shape index (κ3) is 4.61. The Hall–Kier alpha value is -4.00. The van der Waals surface area contributed by atoms with E-state index in [2.05, 4.69) is 22.5 Å². The van der Waals surface area contributed by atoms with Gasteiger partial charge in [-0.25, -0.2) is 9.67 Å². The molecule has 0 atom stereocenters. The van der Waals surface area contributed by atoms with Crippen LogP contribution < -0.4 is 5.32 Å². The fraction of sp³-hybridized carbons (Fsp3) is 0.310. The molecule has 1 saturated heterocycles. The number of hydrogen-bond donors (Lipinski definition) is 1. The van der Waals surface area contributed by atoms with Crippen LogP contribution in [0.3, 0.4) is 0 Å². The van der Waals surface area contributed by atoms with E-state index >= 15 is 0 Å². The molecule has 7 nitrogen and oxygen atoms in total. The lowest BCUT2D eigenvalue weighted by molar-refractivity contribution is -0.123. The zero-order valence-corrected chi connectivity index (χ0v) is 20.1. The number of pyridine rings is 1. The van der Waals surface area contributed by atoms with Crippen LogP contribution in [0.2, 0.25) is 0 Å². The van der Waals surface area contributed by atoms with Crippen LogP contribution in [0, 0.1) is 5.92 Å². The molecule has 2 aliphatic rings. The van der Waals surface area contributed by atoms with Gasteiger partial charge in [0.15, 0.2) is 5.65 Å². The molecule has 2 amide bonds. The van der Waals surface area contributed by atoms with Crippen molar-refractivity contribution in [2.24, 2.45) is 5.92 Å². The van der Waals surface area contributed by atoms with Gasteiger partial charge in [-0.3, -0.25) is 9.59 Å². The second-order valence-corrected chi connectivity index (χ2v) is 9.80. The van der Waals surface area contributed by atoms with Crippen LogP contribution in [-0.4, -0.2) is 50.6 Å². The molecule has 0 unspecified atom stereocenters. The molecule has 3 heterocycles. The summed E-state index contributed by atoms with van der Waals surface area (Å²) in [7, 11) is 0. The van der Waals surface area contributed by atoms with E-state index in [0.717, 1.165) is 47.9 Å². The van der Waals surface area contributed by atoms with Crippen molar-refractivity contribution >= 4 is 22.8 Å². The molecular weight excluding hydrogens is 450 g/mol. The predicted octanol–water partition coefficient (Wildman–Crippen LogP) is 4.28. The van der Waals surface area contributed by atoms with Crippen molar-refractivity contribution < 1.29 is 9.59 Å². The molecule has 2 aromatic carbocycles. The molecule has 1 N–H and O–H groups in total. The molecule has 0 bridgehead atoms. The first-order chi connectivity index (χ1) is 17.7. The van der Waals surface area contributed by atoms with Crippen molar-refractivity contribution in [2.75, 3.05) is 13.1 Å². The monoisotopic (exact) mass is 479 g/mol. The van der Waals surface area contributed by atoms with E-state index in [-0.39, 0.29) is 23.8 Å². The Kier molecular flexibility index (Phi) is 5.97. The smallest absolute Gasteiger partial charge is 0.254 e. The Morgan fingerprint density at radius 2 is 1.61 bits per heavy atom. The lowest BCUT2D eigenvalue weighted by Gasteiger charge is -2.32. The van der Waals surface area contributed by atoms with Crippen LogP contribution in [0.1, 0.15) is 41.6 Å². The van der Waals surface area contributed by atoms with Crippen LogP contribution >= 0.6 is 0 Å². The van der Waals surface area contributed by atoms with Crippen molar-refractivity contribution in [3.63, 3.8) is 0 Å². The SMILES string of the molecule is O=C(NC1CCN(C(=O)c2cc(-c3ccccc3)nc3c2cnn3Cc2ccccc2)CC1)C1CC1. The number of likely N-dealkylation sites (tertiary alicyclic amines) is 1. The molecule has 6 rings (SSSR count). The van der Waals surface area contributed by atoms with Gasteiger partial charge in [-0.15, -0.1) is 0 Å². The number of carbonyl (C=O) groups is 2. The van der Waals surface area contributed by atoms with E-state index in [1.54, 1.807) is 6.20 Å². The maximum atomic E-state index is 13.8. The van der Waals surface area contributed by atoms with Crippen molar-refractivity contribution in [2.45, 2.75) is 38.3 Å². The summed E-state index contributed by atoms with van der Waals surface area (Å²) >= 11 is 0. The van der Waals surface area contributed by atoms with Gasteiger partial charge in [-0.2, -0.15) is 5.10 Å². The highest BCUT2D eigenvalue weighted by molar-refractivity contribution is 6.06. The Morgan fingerprint density at radius 1 is 0.917 bits per heavy atom. The van der Waals surface area contributed by atoms with Crippen molar-refractivity contribution in [1.82, 2.24) is 25.0 Å². The van der Waals surface area contributed by atoms with Crippen LogP contribution in [0.5, 0.6) is 0 Å². The Balaban J connectivity index is 1.30. The van der Waals surface area contributed by atoms with Gasteiger partial charge in [0.05, 0.1) is 29.4 Å². The van der Waals surface area contributed by atoms with Gasteiger partial charge in [0.25, 0.3) is 5.91 Å². The van der Waals surface area contributed by atoms with E-state index < -0.39 is 0 Å². The van der Waals surface area contributed by atoms with E-state index in [1.165, 1.54) is 0 Å². The van der Waals surface area contributed by atoms with Gasteiger partial charge >= 0.3 is 0 Å². The topological polar surface area (TPSA) is 80.1 Å². The highest BCUT2D eigenvalue weighted by Crippen LogP contribution is 2.30. The third-order valence-electron chi connectivity index (χ3n) is 7.16. The number of nitrogens with zero attached hydrogens (tertiary/aromatic N) is 4. The minimum atomic E-state index is -0.00851. The fourth-order valence-electron chi connectivity index (χ4n) is 4.92. The second kappa shape index (κ2) is 9.57. The molecule has 7 heteroatoms. The predicted molar refractivity (Wildman–Crippen MR) is 138 cm³/mol. The number of piperidine rings is 1. The summed E-state index contributed by atoms with van der Waals surface area (Å²) in [5.41, 5.74) is 4.17. The molecule has 0 spiro atoms. The molecule has 2 aromatic heterocycles. The number of carbonyl (C=O) groups excluding carboxylic acids is 2. The first kappa shape index (κ1) is 22.5. The van der Waals surface area contributed by atoms with Crippen LogP contribution in [0.25, 0.3) is 22.3 Å². The molecular formula is C29H29N5O2. The zero-order chi connectivity index (χ0) is 24.5. The summed E-state index contributed by atoms with van der Waals surface area (Å²) < 4.78 is 1.87. The Labute approximate surface area is 210 Å². The maximum Gasteiger partial charge on any atom is 0.254 e. The van der Waals surface area contributed by atoms with E-state index in [1.807, 2.05) is 64.2 Å². The largest absolute Gasteiger partial charge is 0.353 e. The average Bonchev–Trinajstić information content (AvgIpc) is 3.71. The summed E-state index contributed by atoms with van der Waals surface area (Å²) in [4.78, 5) is 32.8. The summed E-state index contributed by atoms with van der Waals surface area (Å²) in [6, 6.07) is 22.1. The number of fused-ring (bicyclic) bond motifs is 1. The van der Waals surface area contributed by atoms with Gasteiger partial charge in [0.2, 0.25) is 5.91 Å². The van der Waals surface area contributed by atoms with Crippen LogP contribution in [0.15, 0.2) is 72.9 Å². The zero-order valence-electron chi connectivity index (χ0n) is 20.1. The number of benzene rings is 2. The van der Waals surface area contributed by atoms with E-state index in [0.29, 0.717) is 30.8 Å². The summed E-state index contributed by atoms with van der Waals surface area (Å²) in [5.74, 6) is 0.373. The van der Waals surface area contributed by atoms with E-state index in [4.69, 9.17) is 4.98 Å². The van der Waals surface area contributed by atoms with Crippen LogP contribution in [0.4, 0.5) is 0 Å². The number of nitrogens with one attached hydrogen (secondary N) is 1.